The number of nitrogens with zero attached hydrogens (tertiary/aromatic N) is 1. The van der Waals surface area contributed by atoms with E-state index in [0.717, 1.165) is 0 Å². The second kappa shape index (κ2) is 5.84. The summed E-state index contributed by atoms with van der Waals surface area (Å²) in [5.74, 6) is -0.530. The number of fused-ring (bicyclic) bond motifs is 1. The summed E-state index contributed by atoms with van der Waals surface area (Å²) < 4.78 is 5.39. The summed E-state index contributed by atoms with van der Waals surface area (Å²) in [4.78, 5) is 34.8. The summed E-state index contributed by atoms with van der Waals surface area (Å²) in [5, 5.41) is 10.9. The van der Waals surface area contributed by atoms with E-state index in [9.17, 15) is 19.7 Å². The fraction of sp³-hybridized carbons (Fsp3) is 0.0588. The van der Waals surface area contributed by atoms with Crippen LogP contribution < -0.4 is 4.74 Å². The van der Waals surface area contributed by atoms with Gasteiger partial charge >= 0.3 is 5.69 Å². The molecule has 3 rings (SSSR count). The van der Waals surface area contributed by atoms with E-state index in [1.807, 2.05) is 0 Å². The van der Waals surface area contributed by atoms with Gasteiger partial charge in [0.1, 0.15) is 6.61 Å². The Morgan fingerprint density at radius 3 is 2.35 bits per heavy atom. The molecule has 0 saturated heterocycles. The second-order valence-electron chi connectivity index (χ2n) is 4.92. The number of hydrogen-bond acceptors (Lipinski definition) is 5. The molecule has 1 aliphatic rings. The maximum Gasteiger partial charge on any atom is 0.310 e. The third-order valence-electron chi connectivity index (χ3n) is 3.48. The quantitative estimate of drug-likeness (QED) is 0.640. The van der Waals surface area contributed by atoms with Crippen LogP contribution in [-0.4, -0.2) is 23.1 Å². The normalized spacial score (nSPS) is 13.3. The van der Waals surface area contributed by atoms with Crippen molar-refractivity contribution in [3.8, 4) is 5.75 Å². The molecule has 23 heavy (non-hydrogen) atoms. The first-order valence-corrected chi connectivity index (χ1v) is 6.83. The topological polar surface area (TPSA) is 86.5 Å². The Labute approximate surface area is 131 Å². The molecule has 1 aliphatic carbocycles. The summed E-state index contributed by atoms with van der Waals surface area (Å²) in [6.07, 6.45) is 1.22. The lowest BCUT2D eigenvalue weighted by molar-refractivity contribution is -0.385. The van der Waals surface area contributed by atoms with E-state index in [1.165, 1.54) is 24.3 Å². The number of carbonyl (C=O) groups excluding carboxylic acids is 2. The summed E-state index contributed by atoms with van der Waals surface area (Å²) in [6, 6.07) is 12.4. The molecule has 0 aromatic heterocycles. The van der Waals surface area contributed by atoms with E-state index in [-0.39, 0.29) is 35.2 Å². The number of ketones is 2. The number of Topliss-reactive ketones (excluding diaryl/α,β-unsaturated/α-hetero) is 1. The van der Waals surface area contributed by atoms with Crippen LogP contribution in [0.25, 0.3) is 0 Å². The Morgan fingerprint density at radius 1 is 0.957 bits per heavy atom. The van der Waals surface area contributed by atoms with Crippen molar-refractivity contribution in [2.75, 3.05) is 6.61 Å². The standard InChI is InChI=1S/C17H11NO5/c19-15-9-11(17(20)13-6-2-1-5-12(13)15)10-23-16-8-4-3-7-14(16)18(21)22/h1-9H,10H2. The molecule has 0 amide bonds. The van der Waals surface area contributed by atoms with Crippen LogP contribution in [0, 0.1) is 10.1 Å². The van der Waals surface area contributed by atoms with Crippen molar-refractivity contribution in [3.05, 3.63) is 81.4 Å². The Bertz CT molecular complexity index is 854. The fourth-order valence-electron chi connectivity index (χ4n) is 2.36. The summed E-state index contributed by atoms with van der Waals surface area (Å²) in [5.41, 5.74) is 0.656. The molecule has 0 unspecified atom stereocenters. The van der Waals surface area contributed by atoms with Gasteiger partial charge in [-0.25, -0.2) is 0 Å². The third kappa shape index (κ3) is 2.74. The molecule has 0 atom stereocenters. The number of rotatable bonds is 4. The van der Waals surface area contributed by atoms with E-state index in [1.54, 1.807) is 30.3 Å². The van der Waals surface area contributed by atoms with Gasteiger partial charge in [0, 0.05) is 22.8 Å². The van der Waals surface area contributed by atoms with Gasteiger partial charge in [-0.15, -0.1) is 0 Å². The molecule has 114 valence electrons. The number of para-hydroxylation sites is 2. The summed E-state index contributed by atoms with van der Waals surface area (Å²) in [6.45, 7) is -0.205. The van der Waals surface area contributed by atoms with Crippen molar-refractivity contribution < 1.29 is 19.2 Å². The molecule has 2 aromatic carbocycles. The van der Waals surface area contributed by atoms with Gasteiger partial charge in [-0.3, -0.25) is 19.7 Å². The monoisotopic (exact) mass is 309 g/mol. The third-order valence-corrected chi connectivity index (χ3v) is 3.48. The average Bonchev–Trinajstić information content (AvgIpc) is 2.57. The van der Waals surface area contributed by atoms with Gasteiger partial charge < -0.3 is 4.74 Å². The molecule has 0 saturated carbocycles. The molecule has 0 spiro atoms. The highest BCUT2D eigenvalue weighted by atomic mass is 16.6. The van der Waals surface area contributed by atoms with E-state index in [2.05, 4.69) is 0 Å². The maximum absolute atomic E-state index is 12.4. The summed E-state index contributed by atoms with van der Waals surface area (Å²) in [7, 11) is 0. The van der Waals surface area contributed by atoms with Gasteiger partial charge in [-0.05, 0) is 12.1 Å². The first-order valence-electron chi connectivity index (χ1n) is 6.83. The van der Waals surface area contributed by atoms with Crippen LogP contribution >= 0.6 is 0 Å². The minimum atomic E-state index is -0.563. The zero-order valence-electron chi connectivity index (χ0n) is 11.9. The predicted molar refractivity (Wildman–Crippen MR) is 81.8 cm³/mol. The minimum Gasteiger partial charge on any atom is -0.482 e. The highest BCUT2D eigenvalue weighted by Crippen LogP contribution is 2.27. The van der Waals surface area contributed by atoms with Crippen molar-refractivity contribution >= 4 is 17.3 Å². The van der Waals surface area contributed by atoms with Crippen LogP contribution in [0.15, 0.2) is 60.2 Å². The predicted octanol–water partition coefficient (Wildman–Crippen LogP) is 2.98. The SMILES string of the molecule is O=C1C=C(COc2ccccc2[N+](=O)[O-])C(=O)c2ccccc21. The van der Waals surface area contributed by atoms with E-state index >= 15 is 0 Å². The van der Waals surface area contributed by atoms with E-state index in [4.69, 9.17) is 4.74 Å². The Kier molecular flexibility index (Phi) is 3.72. The number of nitro groups is 1. The zero-order valence-corrected chi connectivity index (χ0v) is 11.9. The largest absolute Gasteiger partial charge is 0.482 e. The van der Waals surface area contributed by atoms with E-state index in [0.29, 0.717) is 11.1 Å². The Balaban J connectivity index is 1.84. The van der Waals surface area contributed by atoms with Crippen LogP contribution in [0.5, 0.6) is 5.75 Å². The second-order valence-corrected chi connectivity index (χ2v) is 4.92. The van der Waals surface area contributed by atoms with Crippen molar-refractivity contribution in [1.82, 2.24) is 0 Å². The average molecular weight is 309 g/mol. The van der Waals surface area contributed by atoms with Crippen molar-refractivity contribution in [2.45, 2.75) is 0 Å². The van der Waals surface area contributed by atoms with Crippen LogP contribution in [0.4, 0.5) is 5.69 Å². The Morgan fingerprint density at radius 2 is 1.61 bits per heavy atom. The van der Waals surface area contributed by atoms with Crippen molar-refractivity contribution in [2.24, 2.45) is 0 Å². The number of carbonyl (C=O) groups is 2. The van der Waals surface area contributed by atoms with Gasteiger partial charge in [-0.1, -0.05) is 36.4 Å². The smallest absolute Gasteiger partial charge is 0.310 e. The van der Waals surface area contributed by atoms with Gasteiger partial charge in [0.05, 0.1) is 4.92 Å². The first-order chi connectivity index (χ1) is 11.1. The lowest BCUT2D eigenvalue weighted by Crippen LogP contribution is -2.20. The number of nitro benzene ring substituents is 1. The lowest BCUT2D eigenvalue weighted by atomic mass is 9.90. The number of ether oxygens (including phenoxy) is 1. The van der Waals surface area contributed by atoms with Gasteiger partial charge in [0.25, 0.3) is 0 Å². The minimum absolute atomic E-state index is 0.0532. The maximum atomic E-state index is 12.4. The van der Waals surface area contributed by atoms with E-state index < -0.39 is 4.92 Å². The molecule has 6 heteroatoms. The molecule has 0 N–H and O–H groups in total. The van der Waals surface area contributed by atoms with Crippen LogP contribution in [-0.2, 0) is 0 Å². The highest BCUT2D eigenvalue weighted by Gasteiger charge is 2.26. The number of allylic oxidation sites excluding steroid dienone is 1. The fourth-order valence-corrected chi connectivity index (χ4v) is 2.36. The van der Waals surface area contributed by atoms with Crippen LogP contribution in [0.2, 0.25) is 0 Å². The van der Waals surface area contributed by atoms with Crippen molar-refractivity contribution in [1.29, 1.82) is 0 Å². The first kappa shape index (κ1) is 14.6. The summed E-state index contributed by atoms with van der Waals surface area (Å²) >= 11 is 0. The highest BCUT2D eigenvalue weighted by molar-refractivity contribution is 6.24. The molecule has 0 aliphatic heterocycles. The Hall–Kier alpha value is -3.28. The number of hydrogen-bond donors (Lipinski definition) is 0. The molecular formula is C17H11NO5. The van der Waals surface area contributed by atoms with Crippen LogP contribution in [0.1, 0.15) is 20.7 Å². The molecular weight excluding hydrogens is 298 g/mol. The lowest BCUT2D eigenvalue weighted by Gasteiger charge is -2.15. The number of benzene rings is 2. The van der Waals surface area contributed by atoms with Gasteiger partial charge in [-0.2, -0.15) is 0 Å². The molecule has 0 fully saturated rings. The molecule has 0 radical (unpaired) electrons. The molecule has 6 nitrogen and oxygen atoms in total. The van der Waals surface area contributed by atoms with Gasteiger partial charge in [0.2, 0.25) is 0 Å². The van der Waals surface area contributed by atoms with Gasteiger partial charge in [0.15, 0.2) is 17.3 Å². The molecule has 0 heterocycles. The van der Waals surface area contributed by atoms with Crippen molar-refractivity contribution in [3.63, 3.8) is 0 Å². The van der Waals surface area contributed by atoms with Crippen LogP contribution in [0.3, 0.4) is 0 Å². The molecule has 0 bridgehead atoms. The molecule has 2 aromatic rings. The zero-order chi connectivity index (χ0) is 16.4.